The predicted octanol–water partition coefficient (Wildman–Crippen LogP) is 0.224. The van der Waals surface area contributed by atoms with Gasteiger partial charge in [0.05, 0.1) is 12.0 Å². The monoisotopic (exact) mass is 256 g/mol. The average Bonchev–Trinajstić information content (AvgIpc) is 2.45. The van der Waals surface area contributed by atoms with Crippen molar-refractivity contribution in [3.8, 4) is 0 Å². The molecule has 2 N–H and O–H groups in total. The van der Waals surface area contributed by atoms with E-state index in [1.807, 2.05) is 6.92 Å². The fourth-order valence-electron chi connectivity index (χ4n) is 1.94. The van der Waals surface area contributed by atoms with Crippen molar-refractivity contribution < 1.29 is 19.5 Å². The Hall–Kier alpha value is -1.43. The molecule has 1 atom stereocenters. The molecule has 0 radical (unpaired) electrons. The van der Waals surface area contributed by atoms with Gasteiger partial charge in [-0.15, -0.1) is 0 Å². The number of imide groups is 1. The van der Waals surface area contributed by atoms with Gasteiger partial charge in [-0.3, -0.25) is 19.3 Å². The van der Waals surface area contributed by atoms with Crippen LogP contribution >= 0.6 is 0 Å². The van der Waals surface area contributed by atoms with E-state index in [9.17, 15) is 14.4 Å². The topological polar surface area (TPSA) is 86.7 Å². The summed E-state index contributed by atoms with van der Waals surface area (Å²) in [5, 5.41) is 11.9. The van der Waals surface area contributed by atoms with Crippen LogP contribution in [0.4, 0.5) is 0 Å². The number of hydrogen-bond acceptors (Lipinski definition) is 4. The zero-order valence-corrected chi connectivity index (χ0v) is 11.0. The van der Waals surface area contributed by atoms with Crippen molar-refractivity contribution in [2.75, 3.05) is 13.1 Å². The van der Waals surface area contributed by atoms with Crippen LogP contribution in [0.2, 0.25) is 0 Å². The molecule has 0 aromatic carbocycles. The van der Waals surface area contributed by atoms with Gasteiger partial charge in [-0.1, -0.05) is 20.8 Å². The molecule has 0 saturated carbocycles. The van der Waals surface area contributed by atoms with Crippen LogP contribution in [0, 0.1) is 5.41 Å². The van der Waals surface area contributed by atoms with Gasteiger partial charge in [-0.05, 0) is 13.0 Å². The first-order chi connectivity index (χ1) is 8.29. The first kappa shape index (κ1) is 14.6. The molecule has 1 aliphatic heterocycles. The van der Waals surface area contributed by atoms with E-state index < -0.39 is 17.4 Å². The molecule has 0 aromatic rings. The molecular weight excluding hydrogens is 236 g/mol. The van der Waals surface area contributed by atoms with E-state index in [4.69, 9.17) is 5.11 Å². The lowest BCUT2D eigenvalue weighted by Crippen LogP contribution is -2.48. The summed E-state index contributed by atoms with van der Waals surface area (Å²) in [5.41, 5.74) is -0.717. The maximum atomic E-state index is 12.0. The molecular formula is C12H20N2O4. The van der Waals surface area contributed by atoms with Gasteiger partial charge in [0.1, 0.15) is 6.04 Å². The summed E-state index contributed by atoms with van der Waals surface area (Å²) >= 11 is 0. The smallest absolute Gasteiger partial charge is 0.322 e. The van der Waals surface area contributed by atoms with Crippen molar-refractivity contribution in [1.29, 1.82) is 0 Å². The minimum Gasteiger partial charge on any atom is -0.480 e. The standard InChI is InChI=1S/C12H20N2O4/c1-4-5-13-8(10(16)17)7-14-9(15)6-12(2,3)11(14)18/h8,13H,4-7H2,1-3H3,(H,16,17). The van der Waals surface area contributed by atoms with E-state index in [2.05, 4.69) is 5.32 Å². The number of aliphatic carboxylic acids is 1. The summed E-state index contributed by atoms with van der Waals surface area (Å²) in [4.78, 5) is 35.8. The number of nitrogens with one attached hydrogen (secondary N) is 1. The van der Waals surface area contributed by atoms with Crippen molar-refractivity contribution in [3.05, 3.63) is 0 Å². The largest absolute Gasteiger partial charge is 0.480 e. The summed E-state index contributed by atoms with van der Waals surface area (Å²) in [6.45, 7) is 5.75. The third-order valence-electron chi connectivity index (χ3n) is 3.02. The lowest BCUT2D eigenvalue weighted by Gasteiger charge is -2.22. The lowest BCUT2D eigenvalue weighted by molar-refractivity contribution is -0.144. The zero-order valence-electron chi connectivity index (χ0n) is 11.0. The quantitative estimate of drug-likeness (QED) is 0.664. The number of carboxylic acid groups (broad SMARTS) is 1. The Morgan fingerprint density at radius 1 is 1.50 bits per heavy atom. The van der Waals surface area contributed by atoms with Crippen LogP contribution in [0.5, 0.6) is 0 Å². The summed E-state index contributed by atoms with van der Waals surface area (Å²) < 4.78 is 0. The highest BCUT2D eigenvalue weighted by molar-refractivity contribution is 6.05. The summed E-state index contributed by atoms with van der Waals surface area (Å²) in [6, 6.07) is -0.897. The van der Waals surface area contributed by atoms with Crippen LogP contribution in [0.1, 0.15) is 33.6 Å². The molecule has 6 heteroatoms. The van der Waals surface area contributed by atoms with Crippen LogP contribution in [-0.2, 0) is 14.4 Å². The summed E-state index contributed by atoms with van der Waals surface area (Å²) in [7, 11) is 0. The van der Waals surface area contributed by atoms with Crippen LogP contribution in [-0.4, -0.2) is 46.9 Å². The Morgan fingerprint density at radius 3 is 2.50 bits per heavy atom. The predicted molar refractivity (Wildman–Crippen MR) is 64.8 cm³/mol. The minimum absolute atomic E-state index is 0.101. The number of likely N-dealkylation sites (tertiary alicyclic amines) is 1. The molecule has 1 heterocycles. The Labute approximate surface area is 106 Å². The molecule has 1 saturated heterocycles. The number of carboxylic acids is 1. The first-order valence-electron chi connectivity index (χ1n) is 6.10. The van der Waals surface area contributed by atoms with Crippen LogP contribution in [0.3, 0.4) is 0 Å². The molecule has 2 amide bonds. The second kappa shape index (κ2) is 5.48. The van der Waals surface area contributed by atoms with Crippen LogP contribution < -0.4 is 5.32 Å². The van der Waals surface area contributed by atoms with Gasteiger partial charge in [-0.25, -0.2) is 0 Å². The average molecular weight is 256 g/mol. The maximum Gasteiger partial charge on any atom is 0.322 e. The van der Waals surface area contributed by atoms with Crippen LogP contribution in [0.25, 0.3) is 0 Å². The molecule has 0 bridgehead atoms. The van der Waals surface area contributed by atoms with Gasteiger partial charge in [0.25, 0.3) is 0 Å². The number of hydrogen-bond donors (Lipinski definition) is 2. The van der Waals surface area contributed by atoms with Gasteiger partial charge in [0.15, 0.2) is 0 Å². The van der Waals surface area contributed by atoms with Gasteiger partial charge >= 0.3 is 5.97 Å². The normalized spacial score (nSPS) is 20.3. The molecule has 1 aliphatic rings. The highest BCUT2D eigenvalue weighted by Gasteiger charge is 2.45. The van der Waals surface area contributed by atoms with E-state index in [0.29, 0.717) is 6.54 Å². The van der Waals surface area contributed by atoms with Gasteiger partial charge in [-0.2, -0.15) is 0 Å². The zero-order chi connectivity index (χ0) is 13.9. The second-order valence-electron chi connectivity index (χ2n) is 5.22. The molecule has 1 fully saturated rings. The molecule has 1 rings (SSSR count). The van der Waals surface area contributed by atoms with Crippen molar-refractivity contribution in [3.63, 3.8) is 0 Å². The van der Waals surface area contributed by atoms with Crippen molar-refractivity contribution in [2.45, 2.75) is 39.7 Å². The molecule has 18 heavy (non-hydrogen) atoms. The van der Waals surface area contributed by atoms with E-state index in [0.717, 1.165) is 11.3 Å². The van der Waals surface area contributed by atoms with E-state index >= 15 is 0 Å². The van der Waals surface area contributed by atoms with Crippen molar-refractivity contribution >= 4 is 17.8 Å². The highest BCUT2D eigenvalue weighted by atomic mass is 16.4. The van der Waals surface area contributed by atoms with E-state index in [-0.39, 0.29) is 24.8 Å². The highest BCUT2D eigenvalue weighted by Crippen LogP contribution is 2.31. The van der Waals surface area contributed by atoms with E-state index in [1.165, 1.54) is 0 Å². The molecule has 1 unspecified atom stereocenters. The SMILES string of the molecule is CCCNC(CN1C(=O)CC(C)(C)C1=O)C(=O)O. The Morgan fingerprint density at radius 2 is 2.11 bits per heavy atom. The van der Waals surface area contributed by atoms with Gasteiger partial charge in [0.2, 0.25) is 11.8 Å². The van der Waals surface area contributed by atoms with Gasteiger partial charge in [0, 0.05) is 6.42 Å². The summed E-state index contributed by atoms with van der Waals surface area (Å²) in [6.07, 6.45) is 0.934. The van der Waals surface area contributed by atoms with Crippen molar-refractivity contribution in [2.24, 2.45) is 5.41 Å². The first-order valence-corrected chi connectivity index (χ1v) is 6.10. The Bertz CT molecular complexity index is 365. The fraction of sp³-hybridized carbons (Fsp3) is 0.750. The molecule has 6 nitrogen and oxygen atoms in total. The number of carbonyl (C=O) groups excluding carboxylic acids is 2. The maximum absolute atomic E-state index is 12.0. The minimum atomic E-state index is -1.05. The number of rotatable bonds is 6. The fourth-order valence-corrected chi connectivity index (χ4v) is 1.94. The van der Waals surface area contributed by atoms with Crippen LogP contribution in [0.15, 0.2) is 0 Å². The summed E-state index contributed by atoms with van der Waals surface area (Å²) in [5.74, 6) is -1.64. The van der Waals surface area contributed by atoms with Gasteiger partial charge < -0.3 is 10.4 Å². The second-order valence-corrected chi connectivity index (χ2v) is 5.22. The number of carbonyl (C=O) groups is 3. The third-order valence-corrected chi connectivity index (χ3v) is 3.02. The third kappa shape index (κ3) is 3.07. The Kier molecular flexibility index (Phi) is 4.45. The molecule has 0 spiro atoms. The number of amides is 2. The van der Waals surface area contributed by atoms with Crippen molar-refractivity contribution in [1.82, 2.24) is 10.2 Å². The number of nitrogens with zero attached hydrogens (tertiary/aromatic N) is 1. The molecule has 0 aliphatic carbocycles. The Balaban J connectivity index is 2.72. The molecule has 102 valence electrons. The molecule has 0 aromatic heterocycles. The lowest BCUT2D eigenvalue weighted by atomic mass is 9.92. The van der Waals surface area contributed by atoms with E-state index in [1.54, 1.807) is 13.8 Å².